The highest BCUT2D eigenvalue weighted by atomic mass is 16.7. The molecule has 0 saturated heterocycles. The van der Waals surface area contributed by atoms with Gasteiger partial charge in [-0.3, -0.25) is 4.79 Å². The summed E-state index contributed by atoms with van der Waals surface area (Å²) < 4.78 is 11.6. The summed E-state index contributed by atoms with van der Waals surface area (Å²) in [5.41, 5.74) is 0. The number of ether oxygens (including phenoxy) is 2. The van der Waals surface area contributed by atoms with Crippen molar-refractivity contribution < 1.29 is 24.5 Å². The van der Waals surface area contributed by atoms with Crippen molar-refractivity contribution in [1.29, 1.82) is 0 Å². The van der Waals surface area contributed by atoms with Gasteiger partial charge < -0.3 is 25.0 Å². The van der Waals surface area contributed by atoms with Gasteiger partial charge in [0.05, 0.1) is 12.5 Å². The number of nitrogens with one attached hydrogen (secondary N) is 1. The van der Waals surface area contributed by atoms with E-state index in [1.54, 1.807) is 0 Å². The standard InChI is InChI=1S/C20H41NO5/c1-3-5-15-25-19(26-16-6-4-2)17-18(20(23)24)11-9-7-8-10-12-21-13-14-22/h18-19,21-22H,3-17H2,1-2H3,(H,23,24). The van der Waals surface area contributed by atoms with Crippen LogP contribution in [0.5, 0.6) is 0 Å². The van der Waals surface area contributed by atoms with Gasteiger partial charge in [0, 0.05) is 26.2 Å². The molecule has 0 amide bonds. The molecule has 3 N–H and O–H groups in total. The van der Waals surface area contributed by atoms with Crippen LogP contribution < -0.4 is 5.32 Å². The summed E-state index contributed by atoms with van der Waals surface area (Å²) in [7, 11) is 0. The molecule has 0 aliphatic carbocycles. The van der Waals surface area contributed by atoms with Crippen LogP contribution in [0.2, 0.25) is 0 Å². The second kappa shape index (κ2) is 19.1. The lowest BCUT2D eigenvalue weighted by atomic mass is 9.97. The molecule has 0 radical (unpaired) electrons. The average molecular weight is 376 g/mol. The molecule has 0 bridgehead atoms. The Kier molecular flexibility index (Phi) is 18.6. The maximum atomic E-state index is 11.6. The molecule has 6 nitrogen and oxygen atoms in total. The zero-order valence-electron chi connectivity index (χ0n) is 16.9. The lowest BCUT2D eigenvalue weighted by molar-refractivity contribution is -0.165. The highest BCUT2D eigenvalue weighted by Gasteiger charge is 2.23. The molecule has 0 heterocycles. The maximum Gasteiger partial charge on any atom is 0.306 e. The van der Waals surface area contributed by atoms with E-state index >= 15 is 0 Å². The summed E-state index contributed by atoms with van der Waals surface area (Å²) >= 11 is 0. The second-order valence-corrected chi connectivity index (χ2v) is 6.83. The number of aliphatic hydroxyl groups is 1. The summed E-state index contributed by atoms with van der Waals surface area (Å²) in [6.45, 7) is 7.18. The zero-order valence-corrected chi connectivity index (χ0v) is 16.9. The third-order valence-corrected chi connectivity index (χ3v) is 4.37. The predicted molar refractivity (Wildman–Crippen MR) is 104 cm³/mol. The number of hydrogen-bond acceptors (Lipinski definition) is 5. The van der Waals surface area contributed by atoms with Crippen molar-refractivity contribution >= 4 is 5.97 Å². The molecular formula is C20H41NO5. The van der Waals surface area contributed by atoms with Gasteiger partial charge in [0.1, 0.15) is 0 Å². The van der Waals surface area contributed by atoms with Crippen LogP contribution in [0, 0.1) is 5.92 Å². The van der Waals surface area contributed by atoms with Crippen LogP contribution in [0.4, 0.5) is 0 Å². The molecule has 0 aromatic carbocycles. The normalized spacial score (nSPS) is 12.6. The van der Waals surface area contributed by atoms with Gasteiger partial charge in [-0.05, 0) is 32.2 Å². The van der Waals surface area contributed by atoms with Gasteiger partial charge in [0.25, 0.3) is 0 Å². The van der Waals surface area contributed by atoms with Gasteiger partial charge >= 0.3 is 5.97 Å². The fourth-order valence-electron chi connectivity index (χ4n) is 2.68. The van der Waals surface area contributed by atoms with Crippen LogP contribution >= 0.6 is 0 Å². The Labute approximate surface area is 159 Å². The quantitative estimate of drug-likeness (QED) is 0.223. The maximum absolute atomic E-state index is 11.6. The number of carboxylic acid groups (broad SMARTS) is 1. The summed E-state index contributed by atoms with van der Waals surface area (Å²) in [6.07, 6.45) is 8.81. The Bertz CT molecular complexity index is 305. The zero-order chi connectivity index (χ0) is 19.5. The molecule has 0 aromatic heterocycles. The first kappa shape index (κ1) is 25.3. The SMILES string of the molecule is CCCCOC(CC(CCCCCCNCCO)C(=O)O)OCCCC. The Morgan fingerprint density at radius 1 is 0.923 bits per heavy atom. The van der Waals surface area contributed by atoms with Crippen LogP contribution in [0.1, 0.15) is 78.1 Å². The molecule has 0 aliphatic heterocycles. The Hall–Kier alpha value is -0.690. The number of carbonyl (C=O) groups is 1. The van der Waals surface area contributed by atoms with Gasteiger partial charge in [-0.2, -0.15) is 0 Å². The Morgan fingerprint density at radius 3 is 2.08 bits per heavy atom. The van der Waals surface area contributed by atoms with Crippen LogP contribution in [0.25, 0.3) is 0 Å². The van der Waals surface area contributed by atoms with Crippen molar-refractivity contribution in [2.45, 2.75) is 84.3 Å². The van der Waals surface area contributed by atoms with E-state index in [4.69, 9.17) is 14.6 Å². The highest BCUT2D eigenvalue weighted by molar-refractivity contribution is 5.69. The first-order valence-corrected chi connectivity index (χ1v) is 10.4. The van der Waals surface area contributed by atoms with Crippen molar-refractivity contribution in [3.05, 3.63) is 0 Å². The van der Waals surface area contributed by atoms with E-state index in [2.05, 4.69) is 19.2 Å². The number of hydrogen-bond donors (Lipinski definition) is 3. The highest BCUT2D eigenvalue weighted by Crippen LogP contribution is 2.19. The molecule has 0 aliphatic rings. The Balaban J connectivity index is 4.12. The molecule has 0 spiro atoms. The molecule has 0 fully saturated rings. The van der Waals surface area contributed by atoms with E-state index in [0.717, 1.165) is 57.9 Å². The molecule has 1 unspecified atom stereocenters. The first-order chi connectivity index (χ1) is 12.7. The fraction of sp³-hybridized carbons (Fsp3) is 0.950. The largest absolute Gasteiger partial charge is 0.481 e. The van der Waals surface area contributed by atoms with Gasteiger partial charge in [-0.1, -0.05) is 46.0 Å². The molecule has 26 heavy (non-hydrogen) atoms. The van der Waals surface area contributed by atoms with E-state index in [9.17, 15) is 9.90 Å². The summed E-state index contributed by atoms with van der Waals surface area (Å²) in [5.74, 6) is -1.16. The number of aliphatic hydroxyl groups excluding tert-OH is 1. The average Bonchev–Trinajstić information content (AvgIpc) is 2.62. The van der Waals surface area contributed by atoms with Gasteiger partial charge in [0.15, 0.2) is 6.29 Å². The lowest BCUT2D eigenvalue weighted by Crippen LogP contribution is -2.26. The number of rotatable bonds is 20. The molecule has 0 aromatic rings. The molecule has 156 valence electrons. The molecular weight excluding hydrogens is 334 g/mol. The molecule has 0 saturated carbocycles. The van der Waals surface area contributed by atoms with Gasteiger partial charge in [-0.25, -0.2) is 0 Å². The van der Waals surface area contributed by atoms with Crippen LogP contribution in [-0.2, 0) is 14.3 Å². The van der Waals surface area contributed by atoms with E-state index < -0.39 is 18.2 Å². The van der Waals surface area contributed by atoms with E-state index in [0.29, 0.717) is 32.6 Å². The third-order valence-electron chi connectivity index (χ3n) is 4.37. The van der Waals surface area contributed by atoms with Crippen molar-refractivity contribution in [3.63, 3.8) is 0 Å². The fourth-order valence-corrected chi connectivity index (χ4v) is 2.68. The van der Waals surface area contributed by atoms with Crippen LogP contribution in [0.15, 0.2) is 0 Å². The summed E-state index contributed by atoms with van der Waals surface area (Å²) in [6, 6.07) is 0. The number of carboxylic acids is 1. The van der Waals surface area contributed by atoms with Gasteiger partial charge in [-0.15, -0.1) is 0 Å². The monoisotopic (exact) mass is 375 g/mol. The van der Waals surface area contributed by atoms with Crippen molar-refractivity contribution in [2.75, 3.05) is 32.9 Å². The third kappa shape index (κ3) is 15.6. The van der Waals surface area contributed by atoms with E-state index in [-0.39, 0.29) is 6.61 Å². The summed E-state index contributed by atoms with van der Waals surface area (Å²) in [4.78, 5) is 11.6. The number of unbranched alkanes of at least 4 members (excludes halogenated alkanes) is 5. The van der Waals surface area contributed by atoms with E-state index in [1.807, 2.05) is 0 Å². The minimum atomic E-state index is -0.752. The predicted octanol–water partition coefficient (Wildman–Crippen LogP) is 3.57. The first-order valence-electron chi connectivity index (χ1n) is 10.4. The number of aliphatic carboxylic acids is 1. The minimum absolute atomic E-state index is 0.169. The van der Waals surface area contributed by atoms with E-state index in [1.165, 1.54) is 0 Å². The molecule has 1 atom stereocenters. The molecule has 0 rings (SSSR count). The summed E-state index contributed by atoms with van der Waals surface area (Å²) in [5, 5.41) is 21.4. The second-order valence-electron chi connectivity index (χ2n) is 6.83. The lowest BCUT2D eigenvalue weighted by Gasteiger charge is -2.22. The van der Waals surface area contributed by atoms with Crippen LogP contribution in [0.3, 0.4) is 0 Å². The topological polar surface area (TPSA) is 88.0 Å². The Morgan fingerprint density at radius 2 is 1.54 bits per heavy atom. The minimum Gasteiger partial charge on any atom is -0.481 e. The molecule has 6 heteroatoms. The van der Waals surface area contributed by atoms with Crippen molar-refractivity contribution in [2.24, 2.45) is 5.92 Å². The van der Waals surface area contributed by atoms with Crippen molar-refractivity contribution in [1.82, 2.24) is 5.32 Å². The smallest absolute Gasteiger partial charge is 0.306 e. The van der Waals surface area contributed by atoms with Crippen LogP contribution in [-0.4, -0.2) is 55.4 Å². The van der Waals surface area contributed by atoms with Gasteiger partial charge in [0.2, 0.25) is 0 Å². The van der Waals surface area contributed by atoms with Crippen molar-refractivity contribution in [3.8, 4) is 0 Å².